The van der Waals surface area contributed by atoms with Crippen LogP contribution in [0.25, 0.3) is 0 Å². The number of nitriles is 1. The molecule has 7 nitrogen and oxygen atoms in total. The molecule has 3 rings (SSSR count). The van der Waals surface area contributed by atoms with Crippen LogP contribution in [0.5, 0.6) is 0 Å². The third-order valence-corrected chi connectivity index (χ3v) is 4.01. The largest absolute Gasteiger partial charge is 0.385 e. The third-order valence-electron chi connectivity index (χ3n) is 4.01. The van der Waals surface area contributed by atoms with Crippen molar-refractivity contribution in [1.82, 2.24) is 4.98 Å². The van der Waals surface area contributed by atoms with Gasteiger partial charge in [-0.15, -0.1) is 0 Å². The minimum atomic E-state index is -2.49. The van der Waals surface area contributed by atoms with Crippen LogP contribution in [0.3, 0.4) is 0 Å². The summed E-state index contributed by atoms with van der Waals surface area (Å²) in [5.74, 6) is -4.02. The lowest BCUT2D eigenvalue weighted by molar-refractivity contribution is -0.0142. The second-order valence-electron chi connectivity index (χ2n) is 5.94. The van der Waals surface area contributed by atoms with Crippen LogP contribution in [-0.2, 0) is 10.5 Å². The van der Waals surface area contributed by atoms with Gasteiger partial charge in [0.15, 0.2) is 0 Å². The summed E-state index contributed by atoms with van der Waals surface area (Å²) < 4.78 is 34.5. The van der Waals surface area contributed by atoms with Gasteiger partial charge in [0.05, 0.1) is 11.1 Å². The Morgan fingerprint density at radius 3 is 2.85 bits per heavy atom. The van der Waals surface area contributed by atoms with Gasteiger partial charge in [0, 0.05) is 11.9 Å². The number of hydrogen-bond acceptors (Lipinski definition) is 6. The number of benzene rings is 1. The van der Waals surface area contributed by atoms with Crippen molar-refractivity contribution >= 4 is 17.4 Å². The van der Waals surface area contributed by atoms with Crippen molar-refractivity contribution in [3.8, 4) is 6.07 Å². The number of nitrogens with zero attached hydrogens (tertiary/aromatic N) is 3. The molecule has 138 valence electrons. The van der Waals surface area contributed by atoms with Crippen LogP contribution in [0.1, 0.15) is 28.5 Å². The molecule has 0 radical (unpaired) electrons. The van der Waals surface area contributed by atoms with Crippen molar-refractivity contribution in [2.45, 2.75) is 18.8 Å². The number of rotatable bonds is 3. The van der Waals surface area contributed by atoms with Crippen LogP contribution in [0.4, 0.5) is 14.5 Å². The van der Waals surface area contributed by atoms with Gasteiger partial charge in [0.25, 0.3) is 11.7 Å². The Hall–Kier alpha value is -3.38. The zero-order chi connectivity index (χ0) is 19.6. The fourth-order valence-corrected chi connectivity index (χ4v) is 2.47. The monoisotopic (exact) mass is 371 g/mol. The molecule has 1 aliphatic heterocycles. The summed E-state index contributed by atoms with van der Waals surface area (Å²) in [6.07, 6.45) is 0.682. The molecule has 2 aromatic rings. The number of pyridine rings is 1. The first-order valence-corrected chi connectivity index (χ1v) is 7.95. The molecule has 0 spiro atoms. The molecule has 2 heterocycles. The van der Waals surface area contributed by atoms with Crippen LogP contribution in [0.2, 0.25) is 0 Å². The molecule has 0 saturated heterocycles. The Bertz CT molecular complexity index is 955. The number of nitrogens with two attached hydrogens (primary N) is 1. The van der Waals surface area contributed by atoms with Gasteiger partial charge in [0.2, 0.25) is 0 Å². The molecular weight excluding hydrogens is 356 g/mol. The number of aromatic nitrogens is 1. The lowest BCUT2D eigenvalue weighted by atomic mass is 10.0. The zero-order valence-electron chi connectivity index (χ0n) is 14.2. The molecule has 0 saturated carbocycles. The molecule has 0 bridgehead atoms. The number of carbonyl (C=O) groups is 1. The van der Waals surface area contributed by atoms with Crippen molar-refractivity contribution in [1.29, 1.82) is 5.26 Å². The Morgan fingerprint density at radius 2 is 2.22 bits per heavy atom. The number of amides is 1. The highest BCUT2D eigenvalue weighted by atomic mass is 19.2. The molecule has 0 unspecified atom stereocenters. The first-order valence-electron chi connectivity index (χ1n) is 7.95. The fourth-order valence-electron chi connectivity index (χ4n) is 2.47. The molecule has 1 aromatic carbocycles. The van der Waals surface area contributed by atoms with E-state index in [1.165, 1.54) is 24.4 Å². The summed E-state index contributed by atoms with van der Waals surface area (Å²) in [6.45, 7) is 1.11. The number of amidine groups is 1. The zero-order valence-corrected chi connectivity index (χ0v) is 14.2. The summed E-state index contributed by atoms with van der Waals surface area (Å²) in [4.78, 5) is 19.8. The SMILES string of the molecule is C[C@H]1OC[C@@](F)(c2cc(NC(=O)c3ccc(C#N)cn3)ccc2F)N=C1N. The van der Waals surface area contributed by atoms with E-state index in [0.717, 1.165) is 12.1 Å². The van der Waals surface area contributed by atoms with Crippen molar-refractivity contribution in [2.24, 2.45) is 10.7 Å². The predicted octanol–water partition coefficient (Wildman–Crippen LogP) is 2.24. The van der Waals surface area contributed by atoms with Gasteiger partial charge in [-0.25, -0.2) is 18.8 Å². The van der Waals surface area contributed by atoms with Crippen LogP contribution < -0.4 is 11.1 Å². The number of carbonyl (C=O) groups excluding carboxylic acids is 1. The Morgan fingerprint density at radius 1 is 1.44 bits per heavy atom. The van der Waals surface area contributed by atoms with Crippen molar-refractivity contribution in [3.63, 3.8) is 0 Å². The number of hydrogen-bond donors (Lipinski definition) is 2. The molecule has 9 heteroatoms. The van der Waals surface area contributed by atoms with Gasteiger partial charge >= 0.3 is 0 Å². The number of halogens is 2. The smallest absolute Gasteiger partial charge is 0.274 e. The number of aliphatic imine (C=N–C) groups is 1. The van der Waals surface area contributed by atoms with Gasteiger partial charge in [-0.05, 0) is 37.3 Å². The van der Waals surface area contributed by atoms with Gasteiger partial charge in [-0.2, -0.15) is 5.26 Å². The lowest BCUT2D eigenvalue weighted by Gasteiger charge is -2.30. The first kappa shape index (κ1) is 18.4. The molecule has 27 heavy (non-hydrogen) atoms. The van der Waals surface area contributed by atoms with Crippen molar-refractivity contribution in [2.75, 3.05) is 11.9 Å². The summed E-state index contributed by atoms with van der Waals surface area (Å²) in [5.41, 5.74) is 5.72. The number of alkyl halides is 1. The Balaban J connectivity index is 1.87. The molecule has 0 aliphatic carbocycles. The summed E-state index contributed by atoms with van der Waals surface area (Å²) in [6, 6.07) is 8.13. The highest BCUT2D eigenvalue weighted by Crippen LogP contribution is 2.35. The predicted molar refractivity (Wildman–Crippen MR) is 93.1 cm³/mol. The van der Waals surface area contributed by atoms with E-state index < -0.39 is 35.8 Å². The Labute approximate surface area is 153 Å². The summed E-state index contributed by atoms with van der Waals surface area (Å²) in [5, 5.41) is 11.3. The first-order chi connectivity index (χ1) is 12.8. The number of ether oxygens (including phenoxy) is 1. The molecule has 1 aliphatic rings. The molecule has 2 atom stereocenters. The standard InChI is InChI=1S/C18H15F2N5O2/c1-10-16(22)25-18(20,9-27-10)13-6-12(3-4-14(13)19)24-17(26)15-5-2-11(7-21)8-23-15/h2-6,8,10H,9H2,1H3,(H2,22,25)(H,24,26)/t10-,18+/m1/s1. The van der Waals surface area contributed by atoms with Gasteiger partial charge in [-0.3, -0.25) is 4.79 Å². The highest BCUT2D eigenvalue weighted by molar-refractivity contribution is 6.02. The normalized spacial score (nSPS) is 21.9. The number of anilines is 1. The maximum Gasteiger partial charge on any atom is 0.274 e. The van der Waals surface area contributed by atoms with Crippen LogP contribution in [0, 0.1) is 17.1 Å². The van der Waals surface area contributed by atoms with E-state index in [0.29, 0.717) is 5.56 Å². The topological polar surface area (TPSA) is 113 Å². The van der Waals surface area contributed by atoms with E-state index in [1.807, 2.05) is 6.07 Å². The molecule has 3 N–H and O–H groups in total. The molecule has 0 fully saturated rings. The molecule has 1 aromatic heterocycles. The maximum atomic E-state index is 15.1. The highest BCUT2D eigenvalue weighted by Gasteiger charge is 2.39. The Kier molecular flexibility index (Phi) is 4.83. The fraction of sp³-hybridized carbons (Fsp3) is 0.222. The quantitative estimate of drug-likeness (QED) is 0.804. The van der Waals surface area contributed by atoms with E-state index in [4.69, 9.17) is 15.7 Å². The average molecular weight is 371 g/mol. The minimum Gasteiger partial charge on any atom is -0.385 e. The van der Waals surface area contributed by atoms with Crippen LogP contribution in [-0.4, -0.2) is 29.4 Å². The second-order valence-corrected chi connectivity index (χ2v) is 5.94. The van der Waals surface area contributed by atoms with E-state index in [-0.39, 0.29) is 17.2 Å². The van der Waals surface area contributed by atoms with Crippen molar-refractivity contribution < 1.29 is 18.3 Å². The van der Waals surface area contributed by atoms with E-state index in [2.05, 4.69) is 15.3 Å². The summed E-state index contributed by atoms with van der Waals surface area (Å²) >= 11 is 0. The van der Waals surface area contributed by atoms with Gasteiger partial charge in [-0.1, -0.05) is 0 Å². The van der Waals surface area contributed by atoms with E-state index in [1.54, 1.807) is 6.92 Å². The summed E-state index contributed by atoms with van der Waals surface area (Å²) in [7, 11) is 0. The van der Waals surface area contributed by atoms with Gasteiger partial charge in [0.1, 0.15) is 36.1 Å². The van der Waals surface area contributed by atoms with Crippen molar-refractivity contribution in [3.05, 3.63) is 59.2 Å². The van der Waals surface area contributed by atoms with Gasteiger partial charge < -0.3 is 15.8 Å². The number of nitrogens with one attached hydrogen (secondary N) is 1. The average Bonchev–Trinajstić information content (AvgIpc) is 2.66. The molecule has 1 amide bonds. The lowest BCUT2D eigenvalue weighted by Crippen LogP contribution is -2.42. The maximum absolute atomic E-state index is 15.1. The molecular formula is C18H15F2N5O2. The van der Waals surface area contributed by atoms with Crippen LogP contribution in [0.15, 0.2) is 41.5 Å². The second kappa shape index (κ2) is 7.09. The minimum absolute atomic E-state index is 0.0481. The van der Waals surface area contributed by atoms with E-state index >= 15 is 4.39 Å². The van der Waals surface area contributed by atoms with E-state index in [9.17, 15) is 9.18 Å². The third kappa shape index (κ3) is 3.75. The van der Waals surface area contributed by atoms with Crippen LogP contribution >= 0.6 is 0 Å².